The van der Waals surface area contributed by atoms with E-state index in [1.54, 1.807) is 12.1 Å². The molecule has 0 atom stereocenters. The van der Waals surface area contributed by atoms with Crippen LogP contribution in [0.1, 0.15) is 19.4 Å². The van der Waals surface area contributed by atoms with Gasteiger partial charge in [0, 0.05) is 15.8 Å². The maximum Gasteiger partial charge on any atom is 0.245 e. The van der Waals surface area contributed by atoms with E-state index in [4.69, 9.17) is 11.6 Å². The van der Waals surface area contributed by atoms with Crippen molar-refractivity contribution in [2.75, 3.05) is 11.6 Å². The second-order valence-electron chi connectivity index (χ2n) is 4.82. The van der Waals surface area contributed by atoms with Crippen molar-refractivity contribution in [3.8, 4) is 0 Å². The highest BCUT2D eigenvalue weighted by Crippen LogP contribution is 2.30. The Balaban J connectivity index is 3.11. The molecule has 1 amide bonds. The molecule has 0 spiro atoms. The van der Waals surface area contributed by atoms with Crippen molar-refractivity contribution in [1.29, 1.82) is 0 Å². The van der Waals surface area contributed by atoms with Gasteiger partial charge in [-0.15, -0.1) is 0 Å². The normalized spacial score (nSPS) is 12.3. The molecule has 1 N–H and O–H groups in total. The summed E-state index contributed by atoms with van der Waals surface area (Å²) in [6, 6.07) is 3.34. The Kier molecular flexibility index (Phi) is 4.70. The second kappa shape index (κ2) is 5.42. The molecule has 0 aliphatic rings. The van der Waals surface area contributed by atoms with Crippen LogP contribution in [0.3, 0.4) is 0 Å². The fourth-order valence-electron chi connectivity index (χ4n) is 1.18. The van der Waals surface area contributed by atoms with Gasteiger partial charge in [-0.1, -0.05) is 11.6 Å². The molecule has 0 radical (unpaired) electrons. The van der Waals surface area contributed by atoms with E-state index in [0.717, 1.165) is 11.8 Å². The molecule has 4 nitrogen and oxygen atoms in total. The molecule has 0 heterocycles. The number of hydrogen-bond acceptors (Lipinski definition) is 3. The minimum Gasteiger partial charge on any atom is -0.324 e. The summed E-state index contributed by atoms with van der Waals surface area (Å²) in [5.74, 6) is -0.601. The van der Waals surface area contributed by atoms with E-state index in [-0.39, 0.29) is 0 Å². The standard InChI is InChI=1S/C12H15BrClNO3S/c1-7-5-8(13)10(6-9(7)14)15-11(16)12(2,3)19(4,17)18/h5-6H,1-4H3,(H,15,16). The van der Waals surface area contributed by atoms with Gasteiger partial charge in [-0.25, -0.2) is 8.42 Å². The topological polar surface area (TPSA) is 63.2 Å². The van der Waals surface area contributed by atoms with E-state index in [0.29, 0.717) is 15.2 Å². The summed E-state index contributed by atoms with van der Waals surface area (Å²) in [6.07, 6.45) is 1.03. The van der Waals surface area contributed by atoms with E-state index >= 15 is 0 Å². The fraction of sp³-hybridized carbons (Fsp3) is 0.417. The first-order chi connectivity index (χ1) is 8.46. The number of hydrogen-bond donors (Lipinski definition) is 1. The molecule has 0 saturated carbocycles. The lowest BCUT2D eigenvalue weighted by Crippen LogP contribution is -2.43. The Morgan fingerprint density at radius 2 is 1.89 bits per heavy atom. The van der Waals surface area contributed by atoms with Gasteiger partial charge in [-0.2, -0.15) is 0 Å². The third-order valence-electron chi connectivity index (χ3n) is 2.97. The number of sulfone groups is 1. The van der Waals surface area contributed by atoms with E-state index < -0.39 is 20.5 Å². The number of amides is 1. The van der Waals surface area contributed by atoms with Gasteiger partial charge in [0.2, 0.25) is 5.91 Å². The molecule has 19 heavy (non-hydrogen) atoms. The number of benzene rings is 1. The van der Waals surface area contributed by atoms with Crippen LogP contribution >= 0.6 is 27.5 Å². The van der Waals surface area contributed by atoms with Crippen LogP contribution in [0.2, 0.25) is 5.02 Å². The highest BCUT2D eigenvalue weighted by atomic mass is 79.9. The van der Waals surface area contributed by atoms with Crippen LogP contribution in [0.4, 0.5) is 5.69 Å². The molecular formula is C12H15BrClNO3S. The Morgan fingerprint density at radius 3 is 2.37 bits per heavy atom. The summed E-state index contributed by atoms with van der Waals surface area (Å²) in [5, 5.41) is 3.07. The molecule has 0 unspecified atom stereocenters. The zero-order valence-electron chi connectivity index (χ0n) is 11.0. The van der Waals surface area contributed by atoms with Gasteiger partial charge in [-0.3, -0.25) is 4.79 Å². The van der Waals surface area contributed by atoms with Crippen molar-refractivity contribution in [3.05, 3.63) is 27.2 Å². The Labute approximate surface area is 126 Å². The summed E-state index contributed by atoms with van der Waals surface area (Å²) in [6.45, 7) is 4.56. The molecule has 1 aromatic rings. The minimum absolute atomic E-state index is 0.442. The summed E-state index contributed by atoms with van der Waals surface area (Å²) >= 11 is 9.29. The average molecular weight is 369 g/mol. The molecule has 0 aliphatic heterocycles. The van der Waals surface area contributed by atoms with Crippen LogP contribution in [-0.2, 0) is 14.6 Å². The molecule has 0 saturated heterocycles. The highest BCUT2D eigenvalue weighted by molar-refractivity contribution is 9.10. The summed E-state index contributed by atoms with van der Waals surface area (Å²) < 4.78 is 22.3. The molecule has 0 fully saturated rings. The zero-order valence-corrected chi connectivity index (χ0v) is 14.2. The van der Waals surface area contributed by atoms with Gasteiger partial charge >= 0.3 is 0 Å². The SMILES string of the molecule is Cc1cc(Br)c(NC(=O)C(C)(C)S(C)(=O)=O)cc1Cl. The van der Waals surface area contributed by atoms with E-state index in [1.165, 1.54) is 13.8 Å². The number of carbonyl (C=O) groups excluding carboxylic acids is 1. The first kappa shape index (κ1) is 16.5. The van der Waals surface area contributed by atoms with Crippen molar-refractivity contribution in [3.63, 3.8) is 0 Å². The predicted molar refractivity (Wildman–Crippen MR) is 81.4 cm³/mol. The third kappa shape index (κ3) is 3.49. The lowest BCUT2D eigenvalue weighted by molar-refractivity contribution is -0.117. The summed E-state index contributed by atoms with van der Waals surface area (Å²) in [4.78, 5) is 12.1. The van der Waals surface area contributed by atoms with Crippen LogP contribution in [0.25, 0.3) is 0 Å². The molecule has 0 aliphatic carbocycles. The van der Waals surface area contributed by atoms with Crippen LogP contribution in [0, 0.1) is 6.92 Å². The van der Waals surface area contributed by atoms with Crippen LogP contribution < -0.4 is 5.32 Å². The lowest BCUT2D eigenvalue weighted by atomic mass is 10.1. The molecule has 0 aromatic heterocycles. The Hall–Kier alpha value is -0.590. The largest absolute Gasteiger partial charge is 0.324 e. The summed E-state index contributed by atoms with van der Waals surface area (Å²) in [5.41, 5.74) is 1.30. The smallest absolute Gasteiger partial charge is 0.245 e. The Morgan fingerprint density at radius 1 is 1.37 bits per heavy atom. The van der Waals surface area contributed by atoms with Gasteiger partial charge in [0.25, 0.3) is 0 Å². The van der Waals surface area contributed by atoms with Gasteiger partial charge in [0.1, 0.15) is 4.75 Å². The predicted octanol–water partition coefficient (Wildman–Crippen LogP) is 3.17. The molecule has 0 bridgehead atoms. The highest BCUT2D eigenvalue weighted by Gasteiger charge is 2.38. The van der Waals surface area contributed by atoms with Crippen molar-refractivity contribution >= 4 is 49.0 Å². The van der Waals surface area contributed by atoms with E-state index in [1.807, 2.05) is 6.92 Å². The maximum absolute atomic E-state index is 12.1. The monoisotopic (exact) mass is 367 g/mol. The van der Waals surface area contributed by atoms with Crippen molar-refractivity contribution < 1.29 is 13.2 Å². The molecule has 7 heteroatoms. The van der Waals surface area contributed by atoms with Gasteiger partial charge in [0.05, 0.1) is 5.69 Å². The lowest BCUT2D eigenvalue weighted by Gasteiger charge is -2.22. The first-order valence-corrected chi connectivity index (χ1v) is 8.49. The molecule has 1 rings (SSSR count). The van der Waals surface area contributed by atoms with Gasteiger partial charge < -0.3 is 5.32 Å². The second-order valence-corrected chi connectivity index (χ2v) is 8.64. The third-order valence-corrected chi connectivity index (χ3v) is 6.07. The van der Waals surface area contributed by atoms with Crippen LogP contribution in [0.5, 0.6) is 0 Å². The number of anilines is 1. The van der Waals surface area contributed by atoms with Crippen LogP contribution in [0.15, 0.2) is 16.6 Å². The number of rotatable bonds is 3. The minimum atomic E-state index is -3.51. The first-order valence-electron chi connectivity index (χ1n) is 5.43. The van der Waals surface area contributed by atoms with Crippen molar-refractivity contribution in [2.45, 2.75) is 25.5 Å². The van der Waals surface area contributed by atoms with Crippen molar-refractivity contribution in [1.82, 2.24) is 0 Å². The zero-order chi connectivity index (χ0) is 15.0. The molecule has 1 aromatic carbocycles. The van der Waals surface area contributed by atoms with Gasteiger partial charge in [-0.05, 0) is 54.4 Å². The fourth-order valence-corrected chi connectivity index (χ4v) is 2.29. The van der Waals surface area contributed by atoms with Gasteiger partial charge in [0.15, 0.2) is 9.84 Å². The number of carbonyl (C=O) groups is 1. The van der Waals surface area contributed by atoms with Crippen LogP contribution in [-0.4, -0.2) is 25.3 Å². The number of aryl methyl sites for hydroxylation is 1. The average Bonchev–Trinajstić information content (AvgIpc) is 2.24. The number of halogens is 2. The summed E-state index contributed by atoms with van der Waals surface area (Å²) in [7, 11) is -3.51. The quantitative estimate of drug-likeness (QED) is 0.891. The molecular weight excluding hydrogens is 354 g/mol. The maximum atomic E-state index is 12.1. The molecule has 106 valence electrons. The van der Waals surface area contributed by atoms with E-state index in [9.17, 15) is 13.2 Å². The van der Waals surface area contributed by atoms with Crippen molar-refractivity contribution in [2.24, 2.45) is 0 Å². The Bertz CT molecular complexity index is 626. The van der Waals surface area contributed by atoms with E-state index in [2.05, 4.69) is 21.2 Å². The number of nitrogens with one attached hydrogen (secondary N) is 1.